The minimum Gasteiger partial charge on any atom is -0.349 e. The molecule has 2 unspecified atom stereocenters. The average molecular weight is 399 g/mol. The molecule has 2 amide bonds. The van der Waals surface area contributed by atoms with Crippen LogP contribution in [0.2, 0.25) is 5.02 Å². The lowest BCUT2D eigenvalue weighted by molar-refractivity contribution is -0.127. The number of hydrogen-bond acceptors (Lipinski definition) is 2. The van der Waals surface area contributed by atoms with Crippen LogP contribution < -0.4 is 5.32 Å². The van der Waals surface area contributed by atoms with Crippen LogP contribution in [0.3, 0.4) is 0 Å². The van der Waals surface area contributed by atoms with E-state index in [2.05, 4.69) is 24.4 Å². The summed E-state index contributed by atoms with van der Waals surface area (Å²) in [5.41, 5.74) is 1.74. The second-order valence-electron chi connectivity index (χ2n) is 7.36. The summed E-state index contributed by atoms with van der Waals surface area (Å²) in [6.45, 7) is 3.26. The molecule has 1 aliphatic heterocycles. The zero-order chi connectivity index (χ0) is 19.9. The third-order valence-corrected chi connectivity index (χ3v) is 5.52. The number of rotatable bonds is 6. The van der Waals surface area contributed by atoms with Gasteiger partial charge in [-0.25, -0.2) is 0 Å². The maximum Gasteiger partial charge on any atom is 0.253 e. The fourth-order valence-electron chi connectivity index (χ4n) is 3.74. The van der Waals surface area contributed by atoms with Crippen LogP contribution >= 0.6 is 11.6 Å². The quantitative estimate of drug-likeness (QED) is 0.756. The summed E-state index contributed by atoms with van der Waals surface area (Å²) in [6, 6.07) is 17.0. The molecule has 3 rings (SSSR count). The maximum atomic E-state index is 12.9. The first kappa shape index (κ1) is 20.4. The summed E-state index contributed by atoms with van der Waals surface area (Å²) in [5.74, 6) is -0.175. The second-order valence-corrected chi connectivity index (χ2v) is 7.79. The number of carbonyl (C=O) groups excluding carboxylic acids is 2. The largest absolute Gasteiger partial charge is 0.349 e. The Kier molecular flexibility index (Phi) is 7.10. The van der Waals surface area contributed by atoms with Crippen LogP contribution in [-0.4, -0.2) is 29.8 Å². The van der Waals surface area contributed by atoms with E-state index in [1.165, 1.54) is 0 Å². The van der Waals surface area contributed by atoms with Gasteiger partial charge < -0.3 is 10.2 Å². The van der Waals surface area contributed by atoms with Crippen molar-refractivity contribution >= 4 is 23.4 Å². The number of nitrogens with one attached hydrogen (secondary N) is 1. The van der Waals surface area contributed by atoms with E-state index in [-0.39, 0.29) is 23.8 Å². The molecule has 0 aliphatic carbocycles. The van der Waals surface area contributed by atoms with Gasteiger partial charge in [-0.1, -0.05) is 55.3 Å². The molecule has 2 aromatic carbocycles. The van der Waals surface area contributed by atoms with E-state index >= 15 is 0 Å². The highest BCUT2D eigenvalue weighted by molar-refractivity contribution is 6.30. The van der Waals surface area contributed by atoms with Crippen LogP contribution in [-0.2, 0) is 4.79 Å². The van der Waals surface area contributed by atoms with Crippen molar-refractivity contribution in [3.8, 4) is 0 Å². The lowest BCUT2D eigenvalue weighted by Crippen LogP contribution is -2.46. The van der Waals surface area contributed by atoms with Gasteiger partial charge in [0.25, 0.3) is 5.91 Å². The highest BCUT2D eigenvalue weighted by Gasteiger charge is 2.30. The molecular weight excluding hydrogens is 372 g/mol. The molecular formula is C23H27ClN2O2. The minimum absolute atomic E-state index is 0.0149. The lowest BCUT2D eigenvalue weighted by Gasteiger charge is -2.33. The molecule has 1 saturated heterocycles. The molecule has 1 aliphatic rings. The normalized spacial score (nSPS) is 17.8. The molecule has 5 heteroatoms. The first-order chi connectivity index (χ1) is 13.6. The number of carbonyl (C=O) groups is 2. The number of nitrogens with zero attached hydrogens (tertiary/aromatic N) is 1. The summed E-state index contributed by atoms with van der Waals surface area (Å²) in [7, 11) is 0. The highest BCUT2D eigenvalue weighted by atomic mass is 35.5. The summed E-state index contributed by atoms with van der Waals surface area (Å²) in [6.07, 6.45) is 3.53. The van der Waals surface area contributed by atoms with Crippen molar-refractivity contribution in [3.63, 3.8) is 0 Å². The molecule has 4 nitrogen and oxygen atoms in total. The number of likely N-dealkylation sites (tertiary alicyclic amines) is 1. The third kappa shape index (κ3) is 5.14. The van der Waals surface area contributed by atoms with Gasteiger partial charge in [0.15, 0.2) is 0 Å². The predicted octanol–water partition coefficient (Wildman–Crippen LogP) is 4.85. The monoisotopic (exact) mass is 398 g/mol. The summed E-state index contributed by atoms with van der Waals surface area (Å²) < 4.78 is 0. The van der Waals surface area contributed by atoms with Gasteiger partial charge in [0, 0.05) is 23.7 Å². The molecule has 0 saturated carbocycles. The summed E-state index contributed by atoms with van der Waals surface area (Å²) >= 11 is 5.91. The molecule has 1 fully saturated rings. The van der Waals surface area contributed by atoms with Gasteiger partial charge in [-0.2, -0.15) is 0 Å². The Morgan fingerprint density at radius 2 is 1.86 bits per heavy atom. The summed E-state index contributed by atoms with van der Waals surface area (Å²) in [4.78, 5) is 27.5. The standard InChI is InChI=1S/C23H27ClN2O2/c1-2-7-21(17-8-4-3-5-9-17)25-22(27)19-10-6-15-26(16-19)23(28)18-11-13-20(24)14-12-18/h3-5,8-9,11-14,19,21H,2,6-7,10,15-16H2,1H3,(H,25,27). The molecule has 148 valence electrons. The molecule has 0 aromatic heterocycles. The van der Waals surface area contributed by atoms with E-state index in [4.69, 9.17) is 11.6 Å². The Labute approximate surface area is 171 Å². The van der Waals surface area contributed by atoms with E-state index in [1.54, 1.807) is 29.2 Å². The first-order valence-corrected chi connectivity index (χ1v) is 10.4. The molecule has 28 heavy (non-hydrogen) atoms. The van der Waals surface area contributed by atoms with Crippen LogP contribution in [0, 0.1) is 5.92 Å². The molecule has 1 heterocycles. The van der Waals surface area contributed by atoms with Gasteiger partial charge in [-0.3, -0.25) is 9.59 Å². The number of piperidine rings is 1. The van der Waals surface area contributed by atoms with Gasteiger partial charge in [0.1, 0.15) is 0 Å². The van der Waals surface area contributed by atoms with Gasteiger partial charge in [-0.15, -0.1) is 0 Å². The Hall–Kier alpha value is -2.33. The zero-order valence-corrected chi connectivity index (χ0v) is 17.0. The van der Waals surface area contributed by atoms with Crippen molar-refractivity contribution in [1.29, 1.82) is 0 Å². The van der Waals surface area contributed by atoms with Crippen LogP contribution in [0.25, 0.3) is 0 Å². The van der Waals surface area contributed by atoms with Crippen molar-refractivity contribution in [2.24, 2.45) is 5.92 Å². The molecule has 1 N–H and O–H groups in total. The van der Waals surface area contributed by atoms with Crippen LogP contribution in [0.5, 0.6) is 0 Å². The molecule has 0 spiro atoms. The van der Waals surface area contributed by atoms with Crippen molar-refractivity contribution in [2.45, 2.75) is 38.6 Å². The van der Waals surface area contributed by atoms with E-state index in [1.807, 2.05) is 18.2 Å². The van der Waals surface area contributed by atoms with E-state index in [9.17, 15) is 9.59 Å². The smallest absolute Gasteiger partial charge is 0.253 e. The first-order valence-electron chi connectivity index (χ1n) is 9.98. The Morgan fingerprint density at radius 3 is 2.54 bits per heavy atom. The van der Waals surface area contributed by atoms with Crippen LogP contribution in [0.4, 0.5) is 0 Å². The van der Waals surface area contributed by atoms with E-state index in [0.717, 1.165) is 31.2 Å². The van der Waals surface area contributed by atoms with Crippen LogP contribution in [0.15, 0.2) is 54.6 Å². The van der Waals surface area contributed by atoms with Crippen LogP contribution in [0.1, 0.15) is 54.6 Å². The van der Waals surface area contributed by atoms with Crippen molar-refractivity contribution in [1.82, 2.24) is 10.2 Å². The molecule has 2 atom stereocenters. The fraction of sp³-hybridized carbons (Fsp3) is 0.391. The van der Waals surface area contributed by atoms with E-state index < -0.39 is 0 Å². The molecule has 2 aromatic rings. The maximum absolute atomic E-state index is 12.9. The minimum atomic E-state index is -0.173. The summed E-state index contributed by atoms with van der Waals surface area (Å²) in [5, 5.41) is 3.82. The zero-order valence-electron chi connectivity index (χ0n) is 16.2. The number of halogens is 1. The Balaban J connectivity index is 1.64. The third-order valence-electron chi connectivity index (χ3n) is 5.27. The number of amides is 2. The average Bonchev–Trinajstić information content (AvgIpc) is 2.74. The van der Waals surface area contributed by atoms with Gasteiger partial charge >= 0.3 is 0 Å². The van der Waals surface area contributed by atoms with Gasteiger partial charge in [0.2, 0.25) is 5.91 Å². The Bertz CT molecular complexity index is 792. The topological polar surface area (TPSA) is 49.4 Å². The highest BCUT2D eigenvalue weighted by Crippen LogP contribution is 2.23. The van der Waals surface area contributed by atoms with Gasteiger partial charge in [-0.05, 0) is 49.1 Å². The lowest BCUT2D eigenvalue weighted by atomic mass is 9.95. The number of benzene rings is 2. The van der Waals surface area contributed by atoms with Gasteiger partial charge in [0.05, 0.1) is 12.0 Å². The number of hydrogen-bond donors (Lipinski definition) is 1. The second kappa shape index (κ2) is 9.74. The molecule has 0 bridgehead atoms. The predicted molar refractivity (Wildman–Crippen MR) is 112 cm³/mol. The fourth-order valence-corrected chi connectivity index (χ4v) is 3.86. The van der Waals surface area contributed by atoms with E-state index in [0.29, 0.717) is 23.7 Å². The SMILES string of the molecule is CCCC(NC(=O)C1CCCN(C(=O)c2ccc(Cl)cc2)C1)c1ccccc1. The Morgan fingerprint density at radius 1 is 1.14 bits per heavy atom. The molecule has 0 radical (unpaired) electrons. The van der Waals surface area contributed by atoms with Crippen molar-refractivity contribution < 1.29 is 9.59 Å². The van der Waals surface area contributed by atoms with Crippen molar-refractivity contribution in [3.05, 3.63) is 70.7 Å². The van der Waals surface area contributed by atoms with Crippen molar-refractivity contribution in [2.75, 3.05) is 13.1 Å².